The number of carbonyl (C=O) groups excluding carboxylic acids is 1. The van der Waals surface area contributed by atoms with Gasteiger partial charge in [0.1, 0.15) is 11.5 Å². The fraction of sp³-hybridized carbons (Fsp3) is 0.438. The topological polar surface area (TPSA) is 73.3 Å². The number of rotatable bonds is 8. The minimum atomic E-state index is -0.659. The number of aromatic nitrogens is 2. The van der Waals surface area contributed by atoms with E-state index in [-0.39, 0.29) is 5.91 Å². The van der Waals surface area contributed by atoms with Gasteiger partial charge < -0.3 is 9.47 Å². The number of hydrogen-bond donors (Lipinski definition) is 1. The molecule has 8 heteroatoms. The maximum Gasteiger partial charge on any atom is 0.266 e. The van der Waals surface area contributed by atoms with Gasteiger partial charge in [0.25, 0.3) is 5.91 Å². The van der Waals surface area contributed by atoms with Crippen molar-refractivity contribution >= 4 is 34.1 Å². The largest absolute Gasteiger partial charge is 0.497 e. The van der Waals surface area contributed by atoms with E-state index in [0.29, 0.717) is 22.5 Å². The molecule has 0 aliphatic heterocycles. The molecular formula is C16H21N3O3S2. The number of nitrogens with zero attached hydrogens (tertiary/aromatic N) is 2. The lowest BCUT2D eigenvalue weighted by Crippen LogP contribution is -2.30. The minimum absolute atomic E-state index is 0.269. The number of hydrogen-bond acceptors (Lipinski definition) is 7. The van der Waals surface area contributed by atoms with Gasteiger partial charge >= 0.3 is 0 Å². The first-order valence-electron chi connectivity index (χ1n) is 7.55. The molecule has 130 valence electrons. The SMILES string of the molecule is COc1cccc(O[C@@H](C)C(=O)Nc2nnc(SCC(C)C)s2)c1. The fourth-order valence-corrected chi connectivity index (χ4v) is 3.43. The highest BCUT2D eigenvalue weighted by Gasteiger charge is 2.17. The Morgan fingerprint density at radius 2 is 2.04 bits per heavy atom. The standard InChI is InChI=1S/C16H21N3O3S2/c1-10(2)9-23-16-19-18-15(24-16)17-14(20)11(3)22-13-7-5-6-12(8-13)21-4/h5-8,10-11H,9H2,1-4H3,(H,17,18,20)/t11-/m0/s1. The Morgan fingerprint density at radius 3 is 2.75 bits per heavy atom. The lowest BCUT2D eigenvalue weighted by molar-refractivity contribution is -0.122. The molecule has 1 amide bonds. The third-order valence-corrected chi connectivity index (χ3v) is 5.30. The van der Waals surface area contributed by atoms with Crippen molar-refractivity contribution < 1.29 is 14.3 Å². The van der Waals surface area contributed by atoms with Crippen molar-refractivity contribution in [3.05, 3.63) is 24.3 Å². The average Bonchev–Trinajstić information content (AvgIpc) is 3.00. The molecule has 1 aromatic carbocycles. The summed E-state index contributed by atoms with van der Waals surface area (Å²) in [7, 11) is 1.58. The molecule has 6 nitrogen and oxygen atoms in total. The van der Waals surface area contributed by atoms with E-state index in [0.717, 1.165) is 10.1 Å². The van der Waals surface area contributed by atoms with E-state index in [1.54, 1.807) is 37.9 Å². The number of benzene rings is 1. The summed E-state index contributed by atoms with van der Waals surface area (Å²) in [6.45, 7) is 5.98. The Kier molecular flexibility index (Phi) is 6.86. The van der Waals surface area contributed by atoms with Crippen LogP contribution in [0.1, 0.15) is 20.8 Å². The predicted molar refractivity (Wildman–Crippen MR) is 97.2 cm³/mol. The van der Waals surface area contributed by atoms with Crippen molar-refractivity contribution in [2.45, 2.75) is 31.2 Å². The van der Waals surface area contributed by atoms with Gasteiger partial charge in [0.2, 0.25) is 5.13 Å². The number of carbonyl (C=O) groups is 1. The first-order valence-corrected chi connectivity index (χ1v) is 9.36. The zero-order valence-electron chi connectivity index (χ0n) is 14.1. The molecule has 1 heterocycles. The number of methoxy groups -OCH3 is 1. The van der Waals surface area contributed by atoms with Gasteiger partial charge in [0, 0.05) is 11.8 Å². The number of ether oxygens (including phenoxy) is 2. The molecule has 24 heavy (non-hydrogen) atoms. The van der Waals surface area contributed by atoms with Gasteiger partial charge in [-0.25, -0.2) is 0 Å². The first-order chi connectivity index (χ1) is 11.5. The number of anilines is 1. The summed E-state index contributed by atoms with van der Waals surface area (Å²) in [4.78, 5) is 12.2. The quantitative estimate of drug-likeness (QED) is 0.566. The van der Waals surface area contributed by atoms with Crippen molar-refractivity contribution in [3.8, 4) is 11.5 Å². The lowest BCUT2D eigenvalue weighted by Gasteiger charge is -2.14. The number of thioether (sulfide) groups is 1. The van der Waals surface area contributed by atoms with Crippen molar-refractivity contribution in [2.75, 3.05) is 18.2 Å². The van der Waals surface area contributed by atoms with E-state index in [4.69, 9.17) is 9.47 Å². The molecule has 1 atom stereocenters. The summed E-state index contributed by atoms with van der Waals surface area (Å²) in [5.74, 6) is 2.53. The van der Waals surface area contributed by atoms with Crippen LogP contribution in [0.2, 0.25) is 0 Å². The van der Waals surface area contributed by atoms with E-state index in [1.165, 1.54) is 11.3 Å². The Labute approximate surface area is 150 Å². The van der Waals surface area contributed by atoms with E-state index >= 15 is 0 Å². The monoisotopic (exact) mass is 367 g/mol. The van der Waals surface area contributed by atoms with Crippen LogP contribution in [0.5, 0.6) is 11.5 Å². The number of amides is 1. The molecule has 0 bridgehead atoms. The Balaban J connectivity index is 1.89. The van der Waals surface area contributed by atoms with Crippen LogP contribution in [0.3, 0.4) is 0 Å². The summed E-state index contributed by atoms with van der Waals surface area (Å²) in [5.41, 5.74) is 0. The zero-order valence-corrected chi connectivity index (χ0v) is 15.7. The maximum absolute atomic E-state index is 12.2. The van der Waals surface area contributed by atoms with E-state index < -0.39 is 6.10 Å². The summed E-state index contributed by atoms with van der Waals surface area (Å²) >= 11 is 3.01. The summed E-state index contributed by atoms with van der Waals surface area (Å²) < 4.78 is 11.6. The molecule has 0 saturated carbocycles. The molecule has 2 rings (SSSR count). The van der Waals surface area contributed by atoms with Crippen molar-refractivity contribution in [2.24, 2.45) is 5.92 Å². The van der Waals surface area contributed by atoms with Crippen molar-refractivity contribution in [1.82, 2.24) is 10.2 Å². The highest BCUT2D eigenvalue weighted by Crippen LogP contribution is 2.27. The normalized spacial score (nSPS) is 12.0. The van der Waals surface area contributed by atoms with Crippen LogP contribution in [0.4, 0.5) is 5.13 Å². The smallest absolute Gasteiger partial charge is 0.266 e. The van der Waals surface area contributed by atoms with Crippen molar-refractivity contribution in [1.29, 1.82) is 0 Å². The second-order valence-corrected chi connectivity index (χ2v) is 7.75. The van der Waals surface area contributed by atoms with Gasteiger partial charge in [0.15, 0.2) is 10.4 Å². The van der Waals surface area contributed by atoms with Crippen molar-refractivity contribution in [3.63, 3.8) is 0 Å². The highest BCUT2D eigenvalue weighted by atomic mass is 32.2. The van der Waals surface area contributed by atoms with Gasteiger partial charge in [-0.3, -0.25) is 10.1 Å². The summed E-state index contributed by atoms with van der Waals surface area (Å²) in [5, 5.41) is 11.3. The van der Waals surface area contributed by atoms with E-state index in [2.05, 4.69) is 29.4 Å². The molecule has 1 aromatic heterocycles. The molecule has 0 spiro atoms. The first kappa shape index (κ1) is 18.5. The van der Waals surface area contributed by atoms with Crippen LogP contribution in [-0.2, 0) is 4.79 Å². The fourth-order valence-electron chi connectivity index (χ4n) is 1.70. The summed E-state index contributed by atoms with van der Waals surface area (Å²) in [6.07, 6.45) is -0.659. The third-order valence-electron chi connectivity index (χ3n) is 2.90. The van der Waals surface area contributed by atoms with Crippen LogP contribution in [0.25, 0.3) is 0 Å². The van der Waals surface area contributed by atoms with Crippen LogP contribution in [0, 0.1) is 5.92 Å². The van der Waals surface area contributed by atoms with Crippen LogP contribution >= 0.6 is 23.1 Å². The zero-order chi connectivity index (χ0) is 17.5. The predicted octanol–water partition coefficient (Wildman–Crippen LogP) is 3.70. The average molecular weight is 367 g/mol. The molecular weight excluding hydrogens is 346 g/mol. The van der Waals surface area contributed by atoms with Gasteiger partial charge in [-0.2, -0.15) is 0 Å². The highest BCUT2D eigenvalue weighted by molar-refractivity contribution is 8.01. The Bertz CT molecular complexity index is 676. The molecule has 0 unspecified atom stereocenters. The van der Waals surface area contributed by atoms with Gasteiger partial charge in [-0.15, -0.1) is 10.2 Å². The minimum Gasteiger partial charge on any atom is -0.497 e. The second kappa shape index (κ2) is 8.89. The van der Waals surface area contributed by atoms with Crippen LogP contribution in [-0.4, -0.2) is 35.1 Å². The van der Waals surface area contributed by atoms with Crippen LogP contribution in [0.15, 0.2) is 28.6 Å². The molecule has 0 saturated heterocycles. The van der Waals surface area contributed by atoms with Gasteiger partial charge in [0.05, 0.1) is 7.11 Å². The second-order valence-electron chi connectivity index (χ2n) is 5.51. The lowest BCUT2D eigenvalue weighted by atomic mass is 10.3. The maximum atomic E-state index is 12.2. The molecule has 0 fully saturated rings. The van der Waals surface area contributed by atoms with E-state index in [1.807, 2.05) is 12.1 Å². The van der Waals surface area contributed by atoms with Gasteiger partial charge in [-0.05, 0) is 25.0 Å². The molecule has 0 radical (unpaired) electrons. The molecule has 2 aromatic rings. The Morgan fingerprint density at radius 1 is 1.29 bits per heavy atom. The molecule has 1 N–H and O–H groups in total. The third kappa shape index (κ3) is 5.68. The Hall–Kier alpha value is -1.80. The van der Waals surface area contributed by atoms with E-state index in [9.17, 15) is 4.79 Å². The molecule has 0 aliphatic carbocycles. The van der Waals surface area contributed by atoms with Gasteiger partial charge in [-0.1, -0.05) is 43.0 Å². The van der Waals surface area contributed by atoms with Crippen LogP contribution < -0.4 is 14.8 Å². The summed E-state index contributed by atoms with van der Waals surface area (Å²) in [6, 6.07) is 7.13. The number of nitrogens with one attached hydrogen (secondary N) is 1. The molecule has 0 aliphatic rings.